The number of likely N-dealkylation sites (tertiary alicyclic amines) is 1. The van der Waals surface area contributed by atoms with Crippen molar-refractivity contribution in [2.75, 3.05) is 27.3 Å². The number of piperidine rings is 1. The van der Waals surface area contributed by atoms with E-state index in [1.165, 1.54) is 22.0 Å². The summed E-state index contributed by atoms with van der Waals surface area (Å²) in [5.41, 5.74) is 4.24. The molecular formula is C28H36N2O4S. The lowest BCUT2D eigenvalue weighted by Gasteiger charge is -2.53. The van der Waals surface area contributed by atoms with E-state index in [0.29, 0.717) is 6.42 Å². The summed E-state index contributed by atoms with van der Waals surface area (Å²) < 4.78 is 40.0. The molecule has 1 aliphatic heterocycles. The number of hydrogen-bond acceptors (Lipinski definition) is 5. The van der Waals surface area contributed by atoms with Crippen molar-refractivity contribution in [1.82, 2.24) is 9.47 Å². The fraction of sp³-hybridized carbons (Fsp3) is 0.500. The summed E-state index contributed by atoms with van der Waals surface area (Å²) >= 11 is 0. The van der Waals surface area contributed by atoms with E-state index in [2.05, 4.69) is 61.7 Å². The van der Waals surface area contributed by atoms with Crippen LogP contribution in [0.25, 0.3) is 10.9 Å². The standard InChI is InChI=1S/C28H36N2O4S/c1-19-10-12-22(13-11-19)35(31,32)34-18-20-15-28(33-6)23-8-7-9-24-26(23)21(14-25(28)29(5)16-20)17-30(24)27(2,3)4/h7-13,17,20,25H,14-16,18H2,1-6H3/t20-,25-,28+/m1/s1. The highest BCUT2D eigenvalue weighted by molar-refractivity contribution is 7.86. The predicted octanol–water partition coefficient (Wildman–Crippen LogP) is 4.83. The predicted molar refractivity (Wildman–Crippen MR) is 138 cm³/mol. The second-order valence-corrected chi connectivity index (χ2v) is 12.9. The Morgan fingerprint density at radius 2 is 1.83 bits per heavy atom. The number of nitrogens with zero attached hydrogens (tertiary/aromatic N) is 2. The van der Waals surface area contributed by atoms with E-state index in [-0.39, 0.29) is 29.0 Å². The van der Waals surface area contributed by atoms with E-state index in [1.54, 1.807) is 31.4 Å². The molecule has 5 rings (SSSR count). The summed E-state index contributed by atoms with van der Waals surface area (Å²) in [6.45, 7) is 9.51. The van der Waals surface area contributed by atoms with Crippen LogP contribution in [0.2, 0.25) is 0 Å². The van der Waals surface area contributed by atoms with Gasteiger partial charge in [0.1, 0.15) is 5.60 Å². The van der Waals surface area contributed by atoms with Gasteiger partial charge in [0, 0.05) is 42.3 Å². The molecule has 0 radical (unpaired) electrons. The Morgan fingerprint density at radius 3 is 2.49 bits per heavy atom. The van der Waals surface area contributed by atoms with Crippen LogP contribution >= 0.6 is 0 Å². The third-order valence-corrected chi connectivity index (χ3v) is 9.14. The molecular weight excluding hydrogens is 460 g/mol. The molecule has 1 aliphatic carbocycles. The van der Waals surface area contributed by atoms with E-state index in [1.807, 2.05) is 6.92 Å². The average Bonchev–Trinajstić information content (AvgIpc) is 3.19. The number of ether oxygens (including phenoxy) is 1. The zero-order chi connectivity index (χ0) is 25.2. The highest BCUT2D eigenvalue weighted by Crippen LogP contribution is 2.50. The fourth-order valence-electron chi connectivity index (χ4n) is 6.17. The highest BCUT2D eigenvalue weighted by Gasteiger charge is 2.52. The van der Waals surface area contributed by atoms with Gasteiger partial charge in [-0.1, -0.05) is 29.8 Å². The van der Waals surface area contributed by atoms with E-state index in [0.717, 1.165) is 18.5 Å². The van der Waals surface area contributed by atoms with E-state index >= 15 is 0 Å². The van der Waals surface area contributed by atoms with Crippen LogP contribution in [0.5, 0.6) is 0 Å². The quantitative estimate of drug-likeness (QED) is 0.474. The molecule has 0 unspecified atom stereocenters. The minimum absolute atomic E-state index is 0.0120. The normalized spacial score (nSPS) is 25.1. The highest BCUT2D eigenvalue weighted by atomic mass is 32.2. The van der Waals surface area contributed by atoms with Gasteiger partial charge in [0.2, 0.25) is 0 Å². The van der Waals surface area contributed by atoms with E-state index in [9.17, 15) is 8.42 Å². The molecule has 1 fully saturated rings. The lowest BCUT2D eigenvalue weighted by Crippen LogP contribution is -2.59. The van der Waals surface area contributed by atoms with E-state index < -0.39 is 15.7 Å². The molecule has 0 amide bonds. The van der Waals surface area contributed by atoms with Crippen molar-refractivity contribution < 1.29 is 17.3 Å². The summed E-state index contributed by atoms with van der Waals surface area (Å²) in [5.74, 6) is 0.0120. The zero-order valence-electron chi connectivity index (χ0n) is 21.5. The number of likely N-dealkylation sites (N-methyl/N-ethyl adjacent to an activating group) is 1. The van der Waals surface area contributed by atoms with Crippen LogP contribution in [0.1, 0.15) is 43.9 Å². The topological polar surface area (TPSA) is 60.8 Å². The smallest absolute Gasteiger partial charge is 0.296 e. The van der Waals surface area contributed by atoms with Gasteiger partial charge in [-0.15, -0.1) is 0 Å². The third kappa shape index (κ3) is 4.02. The first-order chi connectivity index (χ1) is 16.5. The second-order valence-electron chi connectivity index (χ2n) is 11.3. The summed E-state index contributed by atoms with van der Waals surface area (Å²) in [6, 6.07) is 13.5. The lowest BCUT2D eigenvalue weighted by atomic mass is 9.69. The molecule has 3 aromatic rings. The number of aromatic nitrogens is 1. The maximum Gasteiger partial charge on any atom is 0.296 e. The van der Waals surface area contributed by atoms with Gasteiger partial charge in [-0.05, 0) is 82.8 Å². The number of hydrogen-bond donors (Lipinski definition) is 0. The van der Waals surface area contributed by atoms with Crippen LogP contribution in [-0.2, 0) is 36.6 Å². The minimum atomic E-state index is -3.81. The second kappa shape index (κ2) is 8.44. The van der Waals surface area contributed by atoms with Crippen molar-refractivity contribution in [2.45, 2.75) is 62.6 Å². The van der Waals surface area contributed by atoms with Gasteiger partial charge >= 0.3 is 0 Å². The molecule has 6 nitrogen and oxygen atoms in total. The molecule has 35 heavy (non-hydrogen) atoms. The Labute approximate surface area is 209 Å². The third-order valence-electron chi connectivity index (χ3n) is 7.84. The van der Waals surface area contributed by atoms with Crippen molar-refractivity contribution in [3.8, 4) is 0 Å². The van der Waals surface area contributed by atoms with Gasteiger partial charge in [0.15, 0.2) is 0 Å². The molecule has 1 aromatic heterocycles. The Hall–Kier alpha value is -2.19. The average molecular weight is 497 g/mol. The molecule has 188 valence electrons. The summed E-state index contributed by atoms with van der Waals surface area (Å²) in [4.78, 5) is 2.53. The first-order valence-corrected chi connectivity index (χ1v) is 13.7. The Morgan fingerprint density at radius 1 is 1.11 bits per heavy atom. The van der Waals surface area contributed by atoms with Crippen LogP contribution in [-0.4, -0.2) is 51.2 Å². The Balaban J connectivity index is 1.49. The number of fused-ring (bicyclic) bond motifs is 2. The lowest BCUT2D eigenvalue weighted by molar-refractivity contribution is -0.129. The van der Waals surface area contributed by atoms with Gasteiger partial charge < -0.3 is 9.30 Å². The summed E-state index contributed by atoms with van der Waals surface area (Å²) in [5, 5.41) is 1.28. The van der Waals surface area contributed by atoms with Gasteiger partial charge in [0.25, 0.3) is 10.1 Å². The van der Waals surface area contributed by atoms with Crippen molar-refractivity contribution in [3.63, 3.8) is 0 Å². The van der Waals surface area contributed by atoms with Crippen LogP contribution in [0.4, 0.5) is 0 Å². The SMILES string of the molecule is CO[C@]12C[C@@H](COS(=O)(=O)c3ccc(C)cc3)CN(C)[C@@H]1Cc1cn(C(C)(C)C)c3cccc2c13. The van der Waals surface area contributed by atoms with Crippen molar-refractivity contribution >= 4 is 21.0 Å². The van der Waals surface area contributed by atoms with Crippen molar-refractivity contribution in [3.05, 3.63) is 65.4 Å². The molecule has 3 atom stereocenters. The van der Waals surface area contributed by atoms with E-state index in [4.69, 9.17) is 8.92 Å². The van der Waals surface area contributed by atoms with Crippen LogP contribution in [0.3, 0.4) is 0 Å². The fourth-order valence-corrected chi connectivity index (χ4v) is 7.15. The number of methoxy groups -OCH3 is 1. The van der Waals surface area contributed by atoms with Gasteiger partial charge in [-0.25, -0.2) is 0 Å². The molecule has 0 bridgehead atoms. The maximum atomic E-state index is 12.8. The van der Waals surface area contributed by atoms with Crippen LogP contribution in [0, 0.1) is 12.8 Å². The molecule has 7 heteroatoms. The molecule has 0 saturated carbocycles. The summed E-state index contributed by atoms with van der Waals surface area (Å²) in [6.07, 6.45) is 3.92. The van der Waals surface area contributed by atoms with Crippen molar-refractivity contribution in [2.24, 2.45) is 5.92 Å². The van der Waals surface area contributed by atoms with Gasteiger partial charge in [0.05, 0.1) is 11.5 Å². The molecule has 2 aliphatic rings. The molecule has 0 N–H and O–H groups in total. The molecule has 0 spiro atoms. The van der Waals surface area contributed by atoms with Gasteiger partial charge in [-0.2, -0.15) is 8.42 Å². The molecule has 2 heterocycles. The zero-order valence-corrected chi connectivity index (χ0v) is 22.4. The maximum absolute atomic E-state index is 12.8. The number of aryl methyl sites for hydroxylation is 1. The molecule has 2 aromatic carbocycles. The first kappa shape index (κ1) is 24.5. The van der Waals surface area contributed by atoms with Crippen molar-refractivity contribution in [1.29, 1.82) is 0 Å². The Bertz CT molecular complexity index is 1350. The summed E-state index contributed by atoms with van der Waals surface area (Å²) in [7, 11) is 0.0909. The number of rotatable bonds is 5. The van der Waals surface area contributed by atoms with Crippen LogP contribution < -0.4 is 0 Å². The van der Waals surface area contributed by atoms with Crippen LogP contribution in [0.15, 0.2) is 53.6 Å². The minimum Gasteiger partial charge on any atom is -0.372 e. The molecule has 1 saturated heterocycles. The first-order valence-electron chi connectivity index (χ1n) is 12.3. The van der Waals surface area contributed by atoms with Gasteiger partial charge in [-0.3, -0.25) is 9.08 Å². The monoisotopic (exact) mass is 496 g/mol. The largest absolute Gasteiger partial charge is 0.372 e. The number of benzene rings is 2. The Kier molecular flexibility index (Phi) is 5.91.